The van der Waals surface area contributed by atoms with Crippen LogP contribution in [0.2, 0.25) is 0 Å². The lowest BCUT2D eigenvalue weighted by Gasteiger charge is -2.10. The van der Waals surface area contributed by atoms with Crippen molar-refractivity contribution in [2.75, 3.05) is 6.54 Å². The van der Waals surface area contributed by atoms with Crippen molar-refractivity contribution in [3.8, 4) is 11.1 Å². The van der Waals surface area contributed by atoms with E-state index in [0.29, 0.717) is 5.92 Å². The number of hydrogen-bond acceptors (Lipinski definition) is 2. The maximum Gasteiger partial charge on any atom is 0.0702 e. The molecule has 3 rings (SSSR count). The van der Waals surface area contributed by atoms with E-state index >= 15 is 0 Å². The first kappa shape index (κ1) is 14.7. The Kier molecular flexibility index (Phi) is 4.50. The van der Waals surface area contributed by atoms with Crippen LogP contribution >= 0.6 is 0 Å². The number of benzene rings is 2. The van der Waals surface area contributed by atoms with Gasteiger partial charge in [0.25, 0.3) is 0 Å². The third-order valence-corrected chi connectivity index (χ3v) is 4.13. The van der Waals surface area contributed by atoms with Gasteiger partial charge in [-0.3, -0.25) is 4.98 Å². The second-order valence-electron chi connectivity index (χ2n) is 5.99. The molecule has 1 unspecified atom stereocenters. The van der Waals surface area contributed by atoms with E-state index in [-0.39, 0.29) is 0 Å². The summed E-state index contributed by atoms with van der Waals surface area (Å²) in [6, 6.07) is 19.4. The first-order valence-electron chi connectivity index (χ1n) is 7.90. The van der Waals surface area contributed by atoms with Crippen LogP contribution in [0.5, 0.6) is 0 Å². The molecule has 0 fully saturated rings. The molecule has 112 valence electrons. The molecule has 0 aliphatic carbocycles. The Morgan fingerprint density at radius 2 is 1.77 bits per heavy atom. The molecular formula is C20H22N2. The van der Waals surface area contributed by atoms with Crippen LogP contribution in [0.1, 0.15) is 18.9 Å². The van der Waals surface area contributed by atoms with Gasteiger partial charge in [0, 0.05) is 11.6 Å². The molecule has 0 spiro atoms. The molecule has 3 aromatic rings. The highest BCUT2D eigenvalue weighted by molar-refractivity contribution is 5.84. The Hall–Kier alpha value is -2.19. The summed E-state index contributed by atoms with van der Waals surface area (Å²) < 4.78 is 0. The molecule has 0 radical (unpaired) electrons. The normalized spacial score (nSPS) is 12.5. The van der Waals surface area contributed by atoms with E-state index in [0.717, 1.165) is 24.9 Å². The number of pyridine rings is 1. The van der Waals surface area contributed by atoms with Crippen LogP contribution in [0.3, 0.4) is 0 Å². The molecule has 1 atom stereocenters. The van der Waals surface area contributed by atoms with Gasteiger partial charge >= 0.3 is 0 Å². The minimum absolute atomic E-state index is 0.641. The fourth-order valence-electron chi connectivity index (χ4n) is 2.88. The zero-order valence-corrected chi connectivity index (χ0v) is 13.0. The van der Waals surface area contributed by atoms with Gasteiger partial charge in [-0.1, -0.05) is 43.3 Å². The quantitative estimate of drug-likeness (QED) is 0.755. The summed E-state index contributed by atoms with van der Waals surface area (Å²) in [5, 5.41) is 1.18. The number of nitrogens with zero attached hydrogens (tertiary/aromatic N) is 1. The van der Waals surface area contributed by atoms with Crippen molar-refractivity contribution in [2.24, 2.45) is 11.7 Å². The molecule has 0 aliphatic rings. The van der Waals surface area contributed by atoms with Gasteiger partial charge in [-0.2, -0.15) is 0 Å². The molecule has 0 saturated heterocycles. The van der Waals surface area contributed by atoms with Crippen LogP contribution < -0.4 is 5.73 Å². The molecule has 0 aliphatic heterocycles. The zero-order valence-electron chi connectivity index (χ0n) is 13.0. The van der Waals surface area contributed by atoms with Crippen molar-refractivity contribution < 1.29 is 0 Å². The Balaban J connectivity index is 1.81. The Bertz CT molecular complexity index is 747. The highest BCUT2D eigenvalue weighted by Gasteiger charge is 2.04. The highest BCUT2D eigenvalue weighted by atomic mass is 14.6. The van der Waals surface area contributed by atoms with Gasteiger partial charge in [0.2, 0.25) is 0 Å². The molecule has 2 aromatic carbocycles. The lowest BCUT2D eigenvalue weighted by molar-refractivity contribution is 0.538. The molecule has 22 heavy (non-hydrogen) atoms. The second-order valence-corrected chi connectivity index (χ2v) is 5.99. The van der Waals surface area contributed by atoms with Gasteiger partial charge in [-0.05, 0) is 60.2 Å². The summed E-state index contributed by atoms with van der Waals surface area (Å²) in [7, 11) is 0. The van der Waals surface area contributed by atoms with Crippen LogP contribution in [-0.2, 0) is 6.42 Å². The second kappa shape index (κ2) is 6.71. The Morgan fingerprint density at radius 1 is 1.00 bits per heavy atom. The van der Waals surface area contributed by atoms with Gasteiger partial charge in [0.05, 0.1) is 5.52 Å². The molecule has 2 nitrogen and oxygen atoms in total. The fraction of sp³-hybridized carbons (Fsp3) is 0.250. The van der Waals surface area contributed by atoms with Crippen molar-refractivity contribution in [3.63, 3.8) is 0 Å². The molecular weight excluding hydrogens is 268 g/mol. The predicted molar refractivity (Wildman–Crippen MR) is 93.7 cm³/mol. The minimum atomic E-state index is 0.641. The highest BCUT2D eigenvalue weighted by Crippen LogP contribution is 2.24. The molecule has 2 heteroatoms. The molecule has 2 N–H and O–H groups in total. The van der Waals surface area contributed by atoms with Gasteiger partial charge in [0.15, 0.2) is 0 Å². The minimum Gasteiger partial charge on any atom is -0.330 e. The third kappa shape index (κ3) is 3.34. The third-order valence-electron chi connectivity index (χ3n) is 4.13. The van der Waals surface area contributed by atoms with Crippen molar-refractivity contribution in [3.05, 3.63) is 66.4 Å². The molecule has 0 bridgehead atoms. The summed E-state index contributed by atoms with van der Waals surface area (Å²) >= 11 is 0. The van der Waals surface area contributed by atoms with Gasteiger partial charge < -0.3 is 5.73 Å². The zero-order chi connectivity index (χ0) is 15.4. The van der Waals surface area contributed by atoms with Crippen molar-refractivity contribution in [1.82, 2.24) is 4.98 Å². The molecule has 0 amide bonds. The first-order valence-corrected chi connectivity index (χ1v) is 7.90. The van der Waals surface area contributed by atoms with E-state index in [1.165, 1.54) is 22.1 Å². The number of rotatable bonds is 5. The van der Waals surface area contributed by atoms with E-state index in [1.807, 2.05) is 12.3 Å². The van der Waals surface area contributed by atoms with E-state index < -0.39 is 0 Å². The van der Waals surface area contributed by atoms with Crippen LogP contribution in [0.25, 0.3) is 22.0 Å². The van der Waals surface area contributed by atoms with Crippen LogP contribution in [0.15, 0.2) is 60.8 Å². The molecule has 1 heterocycles. The summed E-state index contributed by atoms with van der Waals surface area (Å²) in [4.78, 5) is 4.37. The summed E-state index contributed by atoms with van der Waals surface area (Å²) in [5.74, 6) is 0.641. The first-order chi connectivity index (χ1) is 10.8. The number of aromatic nitrogens is 1. The average Bonchev–Trinajstić information content (AvgIpc) is 2.55. The fourth-order valence-corrected chi connectivity index (χ4v) is 2.88. The largest absolute Gasteiger partial charge is 0.330 e. The number of fused-ring (bicyclic) bond motifs is 1. The molecule has 1 aromatic heterocycles. The molecule has 0 saturated carbocycles. The van der Waals surface area contributed by atoms with E-state index in [2.05, 4.69) is 60.4 Å². The van der Waals surface area contributed by atoms with E-state index in [1.54, 1.807) is 0 Å². The smallest absolute Gasteiger partial charge is 0.0702 e. The van der Waals surface area contributed by atoms with Crippen molar-refractivity contribution >= 4 is 10.9 Å². The average molecular weight is 290 g/mol. The number of nitrogens with two attached hydrogens (primary N) is 1. The lowest BCUT2D eigenvalue weighted by atomic mass is 9.96. The van der Waals surface area contributed by atoms with Gasteiger partial charge in [0.1, 0.15) is 0 Å². The standard InChI is InChI=1S/C20H22N2/c1-15(10-11-21)13-16-4-6-17(7-5-16)18-8-9-20-19(14-18)3-2-12-22-20/h2-9,12,14-15H,10-11,13,21H2,1H3. The van der Waals surface area contributed by atoms with E-state index in [4.69, 9.17) is 5.73 Å². The van der Waals surface area contributed by atoms with Crippen LogP contribution in [0.4, 0.5) is 0 Å². The van der Waals surface area contributed by atoms with Crippen LogP contribution in [-0.4, -0.2) is 11.5 Å². The topological polar surface area (TPSA) is 38.9 Å². The lowest BCUT2D eigenvalue weighted by Crippen LogP contribution is -2.07. The summed E-state index contributed by atoms with van der Waals surface area (Å²) in [6.07, 6.45) is 4.01. The summed E-state index contributed by atoms with van der Waals surface area (Å²) in [6.45, 7) is 3.03. The Morgan fingerprint density at radius 3 is 2.55 bits per heavy atom. The van der Waals surface area contributed by atoms with E-state index in [9.17, 15) is 0 Å². The van der Waals surface area contributed by atoms with Gasteiger partial charge in [-0.15, -0.1) is 0 Å². The Labute approximate surface area is 132 Å². The SMILES string of the molecule is CC(CCN)Cc1ccc(-c2ccc3ncccc3c2)cc1. The van der Waals surface area contributed by atoms with Gasteiger partial charge in [-0.25, -0.2) is 0 Å². The van der Waals surface area contributed by atoms with Crippen molar-refractivity contribution in [2.45, 2.75) is 19.8 Å². The monoisotopic (exact) mass is 290 g/mol. The number of hydrogen-bond donors (Lipinski definition) is 1. The maximum atomic E-state index is 5.62. The maximum absolute atomic E-state index is 5.62. The predicted octanol–water partition coefficient (Wildman–Crippen LogP) is 4.43. The van der Waals surface area contributed by atoms with Crippen molar-refractivity contribution in [1.29, 1.82) is 0 Å². The summed E-state index contributed by atoms with van der Waals surface area (Å²) in [5.41, 5.74) is 10.5. The van der Waals surface area contributed by atoms with Crippen LogP contribution in [0, 0.1) is 5.92 Å².